The van der Waals surface area contributed by atoms with Crippen molar-refractivity contribution in [2.75, 3.05) is 4.90 Å². The molecule has 0 amide bonds. The van der Waals surface area contributed by atoms with Gasteiger partial charge in [0.05, 0.1) is 0 Å². The summed E-state index contributed by atoms with van der Waals surface area (Å²) >= 11 is 0. The summed E-state index contributed by atoms with van der Waals surface area (Å²) in [5.41, 5.74) is 18.2. The number of fused-ring (bicyclic) bond motifs is 12. The Balaban J connectivity index is 1.23. The summed E-state index contributed by atoms with van der Waals surface area (Å²) in [5.74, 6) is 2.11. The van der Waals surface area contributed by atoms with Gasteiger partial charge in [-0.1, -0.05) is 162 Å². The predicted molar refractivity (Wildman–Crippen MR) is 247 cm³/mol. The molecule has 7 aromatic rings. The zero-order valence-corrected chi connectivity index (χ0v) is 35.4. The number of benzene rings is 7. The van der Waals surface area contributed by atoms with Gasteiger partial charge >= 0.3 is 6.92 Å². The first kappa shape index (κ1) is 35.8. The van der Waals surface area contributed by atoms with E-state index >= 15 is 0 Å². The van der Waals surface area contributed by atoms with Crippen LogP contribution in [0.4, 0.5) is 17.1 Å². The molecule has 2 nitrogen and oxygen atoms in total. The summed E-state index contributed by atoms with van der Waals surface area (Å²) in [6.07, 6.45) is 0. The summed E-state index contributed by atoms with van der Waals surface area (Å²) in [7, 11) is -2.69. The summed E-state index contributed by atoms with van der Waals surface area (Å²) in [5, 5.41) is 5.92. The molecule has 0 fully saturated rings. The van der Waals surface area contributed by atoms with Crippen molar-refractivity contribution in [1.82, 2.24) is 0 Å². The van der Waals surface area contributed by atoms with Crippen molar-refractivity contribution in [3.05, 3.63) is 167 Å². The molecule has 3 aliphatic heterocycles. The van der Waals surface area contributed by atoms with E-state index in [2.05, 4.69) is 200 Å². The molecule has 0 aliphatic carbocycles. The van der Waals surface area contributed by atoms with Crippen LogP contribution in [0, 0.1) is 13.8 Å². The molecule has 0 radical (unpaired) electrons. The Morgan fingerprint density at radius 2 is 1.02 bits per heavy atom. The van der Waals surface area contributed by atoms with E-state index < -0.39 is 8.07 Å². The number of rotatable bonds is 5. The average molecular weight is 756 g/mol. The van der Waals surface area contributed by atoms with Crippen molar-refractivity contribution in [3.63, 3.8) is 0 Å². The molecule has 57 heavy (non-hydrogen) atoms. The molecule has 1 spiro atoms. The standard InChI is InChI=1S/C53H50BNOSi/c1-32(2)37-29-42(33(3)4)53(43(30-37)34(5)6)54-45-24-23-38(31-44(45)39-15-9-12-18-48(39)56-54)55-46-25-21-35(7)27-51(46)57(52-28-36(8)22-26-47(52)55)49-19-13-10-16-40(49)41-17-11-14-20-50(41)57/h9-34H,1-8H3. The normalized spacial score (nSPS) is 14.3. The quantitative estimate of drug-likeness (QED) is 0.162. The van der Waals surface area contributed by atoms with Gasteiger partial charge in [0.25, 0.3) is 0 Å². The van der Waals surface area contributed by atoms with Gasteiger partial charge in [0.2, 0.25) is 0 Å². The number of aryl methyl sites for hydroxylation is 2. The van der Waals surface area contributed by atoms with Crippen LogP contribution in [0.25, 0.3) is 22.3 Å². The van der Waals surface area contributed by atoms with E-state index in [1.165, 1.54) is 93.2 Å². The number of para-hydroxylation sites is 1. The SMILES string of the molecule is Cc1ccc2c(c1)[Si]1(c3ccccc3-c3ccccc31)c1cc(C)ccc1N2c1ccc2c(c1)-c1ccccc1OB2c1c(C(C)C)cc(C(C)C)cc1C(C)C. The molecular weight excluding hydrogens is 705 g/mol. The molecule has 3 heterocycles. The van der Waals surface area contributed by atoms with E-state index in [0.717, 1.165) is 11.3 Å². The van der Waals surface area contributed by atoms with Crippen LogP contribution in [0.2, 0.25) is 0 Å². The van der Waals surface area contributed by atoms with Crippen LogP contribution in [-0.2, 0) is 0 Å². The van der Waals surface area contributed by atoms with Gasteiger partial charge in [-0.05, 0) is 127 Å². The van der Waals surface area contributed by atoms with Crippen LogP contribution < -0.4 is 41.2 Å². The number of hydrogen-bond donors (Lipinski definition) is 0. The van der Waals surface area contributed by atoms with Gasteiger partial charge in [-0.25, -0.2) is 0 Å². The maximum absolute atomic E-state index is 7.17. The molecule has 0 N–H and O–H groups in total. The maximum Gasteiger partial charge on any atom is 0.427 e. The second kappa shape index (κ2) is 13.2. The fourth-order valence-electron chi connectivity index (χ4n) is 10.3. The Morgan fingerprint density at radius 1 is 0.491 bits per heavy atom. The van der Waals surface area contributed by atoms with Crippen LogP contribution in [0.15, 0.2) is 140 Å². The Bertz CT molecular complexity index is 2630. The summed E-state index contributed by atoms with van der Waals surface area (Å²) in [6, 6.07) is 53.7. The van der Waals surface area contributed by atoms with E-state index in [1.807, 2.05) is 0 Å². The van der Waals surface area contributed by atoms with Crippen molar-refractivity contribution < 1.29 is 4.65 Å². The molecule has 0 unspecified atom stereocenters. The lowest BCUT2D eigenvalue weighted by atomic mass is 9.49. The molecule has 0 saturated heterocycles. The number of hydrogen-bond acceptors (Lipinski definition) is 2. The highest BCUT2D eigenvalue weighted by molar-refractivity contribution is 7.23. The van der Waals surface area contributed by atoms with E-state index in [0.29, 0.717) is 17.8 Å². The molecule has 0 bridgehead atoms. The molecule has 0 atom stereocenters. The van der Waals surface area contributed by atoms with Crippen LogP contribution in [-0.4, -0.2) is 15.0 Å². The van der Waals surface area contributed by atoms with Crippen LogP contribution in [0.5, 0.6) is 5.75 Å². The van der Waals surface area contributed by atoms with Gasteiger partial charge in [0.1, 0.15) is 5.75 Å². The molecular formula is C53H50BNOSi. The third-order valence-corrected chi connectivity index (χ3v) is 17.9. The smallest absolute Gasteiger partial charge is 0.427 e. The van der Waals surface area contributed by atoms with Gasteiger partial charge in [-0.2, -0.15) is 0 Å². The minimum absolute atomic E-state index is 0.214. The fraction of sp³-hybridized carbons (Fsp3) is 0.208. The lowest BCUT2D eigenvalue weighted by Gasteiger charge is -2.44. The summed E-state index contributed by atoms with van der Waals surface area (Å²) < 4.78 is 7.17. The minimum Gasteiger partial charge on any atom is -0.551 e. The zero-order chi connectivity index (χ0) is 39.3. The Kier molecular flexibility index (Phi) is 8.32. The zero-order valence-electron chi connectivity index (χ0n) is 34.4. The molecule has 4 heteroatoms. The molecule has 280 valence electrons. The van der Waals surface area contributed by atoms with Gasteiger partial charge in [0, 0.05) is 22.6 Å². The van der Waals surface area contributed by atoms with Gasteiger partial charge in [0.15, 0.2) is 8.07 Å². The van der Waals surface area contributed by atoms with Crippen molar-refractivity contribution in [1.29, 1.82) is 0 Å². The lowest BCUT2D eigenvalue weighted by Crippen LogP contribution is -2.75. The fourth-order valence-corrected chi connectivity index (χ4v) is 16.0. The topological polar surface area (TPSA) is 12.5 Å². The Labute approximate surface area is 340 Å². The highest BCUT2D eigenvalue weighted by atomic mass is 28.3. The molecule has 7 aromatic carbocycles. The van der Waals surface area contributed by atoms with Crippen molar-refractivity contribution in [2.45, 2.75) is 73.1 Å². The van der Waals surface area contributed by atoms with Crippen LogP contribution in [0.3, 0.4) is 0 Å². The average Bonchev–Trinajstić information content (AvgIpc) is 3.51. The van der Waals surface area contributed by atoms with E-state index in [9.17, 15) is 0 Å². The first-order chi connectivity index (χ1) is 27.6. The van der Waals surface area contributed by atoms with Crippen LogP contribution in [0.1, 0.15) is 87.1 Å². The first-order valence-corrected chi connectivity index (χ1v) is 22.9. The third kappa shape index (κ3) is 5.22. The Morgan fingerprint density at radius 3 is 1.56 bits per heavy atom. The molecule has 0 aromatic heterocycles. The Hall–Kier alpha value is -5.58. The molecule has 10 rings (SSSR count). The van der Waals surface area contributed by atoms with Crippen LogP contribution >= 0.6 is 0 Å². The second-order valence-corrected chi connectivity index (χ2v) is 21.2. The monoisotopic (exact) mass is 755 g/mol. The number of nitrogens with zero attached hydrogens (tertiary/aromatic N) is 1. The van der Waals surface area contributed by atoms with E-state index in [1.54, 1.807) is 0 Å². The number of anilines is 3. The molecule has 3 aliphatic rings. The molecule has 0 saturated carbocycles. The van der Waals surface area contributed by atoms with Gasteiger partial charge in [-0.15, -0.1) is 0 Å². The first-order valence-electron chi connectivity index (χ1n) is 20.9. The second-order valence-electron chi connectivity index (χ2n) is 17.6. The van der Waals surface area contributed by atoms with E-state index in [-0.39, 0.29) is 6.92 Å². The largest absolute Gasteiger partial charge is 0.551 e. The summed E-state index contributed by atoms with van der Waals surface area (Å²) in [6.45, 7) is 18.2. The van der Waals surface area contributed by atoms with Gasteiger partial charge in [-0.3, -0.25) is 0 Å². The minimum atomic E-state index is -2.69. The predicted octanol–water partition coefficient (Wildman–Crippen LogP) is 9.98. The third-order valence-electron chi connectivity index (χ3n) is 13.0. The highest BCUT2D eigenvalue weighted by Gasteiger charge is 2.54. The highest BCUT2D eigenvalue weighted by Crippen LogP contribution is 2.44. The summed E-state index contributed by atoms with van der Waals surface area (Å²) in [4.78, 5) is 2.56. The van der Waals surface area contributed by atoms with Crippen molar-refractivity contribution in [3.8, 4) is 28.0 Å². The maximum atomic E-state index is 7.17. The van der Waals surface area contributed by atoms with Gasteiger partial charge < -0.3 is 9.55 Å². The van der Waals surface area contributed by atoms with Crippen molar-refractivity contribution in [2.24, 2.45) is 0 Å². The lowest BCUT2D eigenvalue weighted by molar-refractivity contribution is 0.588. The van der Waals surface area contributed by atoms with E-state index in [4.69, 9.17) is 4.65 Å². The van der Waals surface area contributed by atoms with Crippen molar-refractivity contribution >= 4 is 63.7 Å².